The summed E-state index contributed by atoms with van der Waals surface area (Å²) in [6.07, 6.45) is 3.92. The maximum atomic E-state index is 13.5. The largest absolute Gasteiger partial charge is 0.454 e. The van der Waals surface area contributed by atoms with Crippen LogP contribution in [-0.2, 0) is 4.74 Å². The lowest BCUT2D eigenvalue weighted by Crippen LogP contribution is -2.10. The molecule has 2 rings (SSSR count). The molecule has 1 aromatic carbocycles. The van der Waals surface area contributed by atoms with Crippen LogP contribution in [0.15, 0.2) is 22.0 Å². The van der Waals surface area contributed by atoms with Gasteiger partial charge in [0.05, 0.1) is 10.2 Å². The van der Waals surface area contributed by atoms with Crippen molar-refractivity contribution in [3.63, 3.8) is 0 Å². The average Bonchev–Trinajstić information content (AvgIpc) is 2.88. The number of benzene rings is 1. The van der Waals surface area contributed by atoms with E-state index < -0.39 is 11.1 Å². The van der Waals surface area contributed by atoms with Crippen LogP contribution >= 0.6 is 35.6 Å². The van der Waals surface area contributed by atoms with Gasteiger partial charge in [-0.1, -0.05) is 11.6 Å². The molecule has 1 aromatic rings. The number of rotatable bonds is 3. The van der Waals surface area contributed by atoms with Gasteiger partial charge in [-0.3, -0.25) is 0 Å². The summed E-state index contributed by atoms with van der Waals surface area (Å²) in [5.41, 5.74) is 0.000524. The Labute approximate surface area is 130 Å². The third kappa shape index (κ3) is 4.03. The standard InChI is InChI=1S/C13H11ClFNO2S2/c14-9-5-10(15)11(16-7-19)6-12(9)20-13(17)18-8-3-1-2-4-8/h5-6,8H,1-4H2. The molecule has 1 saturated carbocycles. The SMILES string of the molecule is O=C(OC1CCCC1)Sc1cc(N=C=S)c(F)cc1Cl. The first-order chi connectivity index (χ1) is 9.60. The van der Waals surface area contributed by atoms with E-state index in [4.69, 9.17) is 16.3 Å². The van der Waals surface area contributed by atoms with Crippen molar-refractivity contribution in [2.75, 3.05) is 0 Å². The second-order valence-corrected chi connectivity index (χ2v) is 5.88. The van der Waals surface area contributed by atoms with Gasteiger partial charge >= 0.3 is 5.30 Å². The van der Waals surface area contributed by atoms with Crippen LogP contribution < -0.4 is 0 Å². The van der Waals surface area contributed by atoms with Crippen LogP contribution in [0.4, 0.5) is 14.9 Å². The molecule has 0 spiro atoms. The molecule has 0 bridgehead atoms. The topological polar surface area (TPSA) is 38.7 Å². The molecule has 1 aliphatic rings. The zero-order chi connectivity index (χ0) is 14.5. The number of carbonyl (C=O) groups is 1. The Kier molecular flexibility index (Phi) is 5.54. The summed E-state index contributed by atoms with van der Waals surface area (Å²) in [6, 6.07) is 2.45. The maximum Gasteiger partial charge on any atom is 0.372 e. The number of halogens is 2. The van der Waals surface area contributed by atoms with Crippen LogP contribution in [0.25, 0.3) is 0 Å². The molecule has 0 aliphatic heterocycles. The first-order valence-corrected chi connectivity index (χ1v) is 7.66. The zero-order valence-electron chi connectivity index (χ0n) is 10.4. The van der Waals surface area contributed by atoms with E-state index in [0.29, 0.717) is 4.90 Å². The number of aliphatic imine (C=N–C) groups is 1. The van der Waals surface area contributed by atoms with Crippen molar-refractivity contribution in [1.82, 2.24) is 0 Å². The Balaban J connectivity index is 2.09. The fraction of sp³-hybridized carbons (Fsp3) is 0.385. The smallest absolute Gasteiger partial charge is 0.372 e. The van der Waals surface area contributed by atoms with E-state index in [0.717, 1.165) is 43.5 Å². The molecule has 7 heteroatoms. The second-order valence-electron chi connectivity index (χ2n) is 4.31. The monoisotopic (exact) mass is 331 g/mol. The number of thiocarbonyl (C=S) groups is 1. The van der Waals surface area contributed by atoms with Gasteiger partial charge in [-0.15, -0.1) is 0 Å². The maximum absolute atomic E-state index is 13.5. The summed E-state index contributed by atoms with van der Waals surface area (Å²) < 4.78 is 18.8. The van der Waals surface area contributed by atoms with Crippen molar-refractivity contribution >= 4 is 51.7 Å². The highest BCUT2D eigenvalue weighted by Gasteiger charge is 2.21. The first-order valence-electron chi connectivity index (χ1n) is 6.05. The van der Waals surface area contributed by atoms with E-state index in [1.165, 1.54) is 6.07 Å². The van der Waals surface area contributed by atoms with Crippen molar-refractivity contribution < 1.29 is 13.9 Å². The minimum atomic E-state index is -0.610. The average molecular weight is 332 g/mol. The van der Waals surface area contributed by atoms with Gasteiger partial charge in [0.25, 0.3) is 0 Å². The van der Waals surface area contributed by atoms with E-state index >= 15 is 0 Å². The van der Waals surface area contributed by atoms with Gasteiger partial charge in [0, 0.05) is 4.90 Å². The highest BCUT2D eigenvalue weighted by atomic mass is 35.5. The summed E-state index contributed by atoms with van der Waals surface area (Å²) in [7, 11) is 0. The lowest BCUT2D eigenvalue weighted by molar-refractivity contribution is 0.126. The molecule has 0 atom stereocenters. The molecule has 3 nitrogen and oxygen atoms in total. The summed E-state index contributed by atoms with van der Waals surface area (Å²) in [5, 5.41) is 1.78. The Morgan fingerprint density at radius 3 is 2.85 bits per heavy atom. The predicted octanol–water partition coefficient (Wildman–Crippen LogP) is 5.38. The Bertz CT molecular complexity index is 570. The molecule has 0 amide bonds. The summed E-state index contributed by atoms with van der Waals surface area (Å²) >= 11 is 11.2. The number of hydrogen-bond donors (Lipinski definition) is 0. The van der Waals surface area contributed by atoms with Gasteiger partial charge in [-0.05, 0) is 61.8 Å². The predicted molar refractivity (Wildman–Crippen MR) is 80.7 cm³/mol. The third-order valence-electron chi connectivity index (χ3n) is 2.93. The van der Waals surface area contributed by atoms with Crippen molar-refractivity contribution in [3.05, 3.63) is 23.0 Å². The molecule has 0 saturated heterocycles. The molecule has 20 heavy (non-hydrogen) atoms. The molecule has 1 fully saturated rings. The lowest BCUT2D eigenvalue weighted by atomic mass is 10.3. The van der Waals surface area contributed by atoms with E-state index in [-0.39, 0.29) is 16.8 Å². The van der Waals surface area contributed by atoms with Gasteiger partial charge in [0.15, 0.2) is 5.82 Å². The van der Waals surface area contributed by atoms with Crippen LogP contribution in [0.5, 0.6) is 0 Å². The van der Waals surface area contributed by atoms with Gasteiger partial charge in [0.1, 0.15) is 11.8 Å². The van der Waals surface area contributed by atoms with E-state index in [9.17, 15) is 9.18 Å². The van der Waals surface area contributed by atoms with Crippen molar-refractivity contribution in [2.24, 2.45) is 4.99 Å². The fourth-order valence-electron chi connectivity index (χ4n) is 1.99. The molecule has 1 aliphatic carbocycles. The van der Waals surface area contributed by atoms with Crippen molar-refractivity contribution in [2.45, 2.75) is 36.7 Å². The number of thioether (sulfide) groups is 1. The van der Waals surface area contributed by atoms with Crippen LogP contribution in [0, 0.1) is 5.82 Å². The Hall–Kier alpha value is -0.940. The summed E-state index contributed by atoms with van der Waals surface area (Å²) in [6.45, 7) is 0. The highest BCUT2D eigenvalue weighted by Crippen LogP contribution is 2.35. The van der Waals surface area contributed by atoms with E-state index in [1.54, 1.807) is 0 Å². The summed E-state index contributed by atoms with van der Waals surface area (Å²) in [5.74, 6) is -0.610. The molecular weight excluding hydrogens is 321 g/mol. The second kappa shape index (κ2) is 7.18. The Morgan fingerprint density at radius 1 is 1.50 bits per heavy atom. The van der Waals surface area contributed by atoms with Gasteiger partial charge in [-0.25, -0.2) is 9.18 Å². The molecule has 0 unspecified atom stereocenters. The lowest BCUT2D eigenvalue weighted by Gasteiger charge is -2.11. The highest BCUT2D eigenvalue weighted by molar-refractivity contribution is 8.13. The van der Waals surface area contributed by atoms with Crippen molar-refractivity contribution in [3.8, 4) is 0 Å². The molecule has 0 aromatic heterocycles. The normalized spacial score (nSPS) is 14.9. The molecule has 0 heterocycles. The van der Waals surface area contributed by atoms with Crippen LogP contribution in [0.3, 0.4) is 0 Å². The fourth-order valence-corrected chi connectivity index (χ4v) is 3.04. The molecule has 106 valence electrons. The minimum absolute atomic E-state index is 0.000524. The van der Waals surface area contributed by atoms with Crippen LogP contribution in [0.1, 0.15) is 25.7 Å². The third-order valence-corrected chi connectivity index (χ3v) is 4.26. The van der Waals surface area contributed by atoms with E-state index in [2.05, 4.69) is 22.4 Å². The molecule has 0 radical (unpaired) electrons. The number of isothiocyanates is 1. The number of carbonyl (C=O) groups excluding carboxylic acids is 1. The van der Waals surface area contributed by atoms with Gasteiger partial charge in [0.2, 0.25) is 0 Å². The first kappa shape index (κ1) is 15.4. The number of nitrogens with zero attached hydrogens (tertiary/aromatic N) is 1. The quantitative estimate of drug-likeness (QED) is 0.322. The van der Waals surface area contributed by atoms with Gasteiger partial charge < -0.3 is 4.74 Å². The molecular formula is C13H11ClFNO2S2. The molecule has 0 N–H and O–H groups in total. The Morgan fingerprint density at radius 2 is 2.20 bits per heavy atom. The summed E-state index contributed by atoms with van der Waals surface area (Å²) in [4.78, 5) is 15.8. The van der Waals surface area contributed by atoms with Crippen LogP contribution in [0.2, 0.25) is 5.02 Å². The van der Waals surface area contributed by atoms with Crippen LogP contribution in [-0.4, -0.2) is 16.6 Å². The van der Waals surface area contributed by atoms with Gasteiger partial charge in [-0.2, -0.15) is 4.99 Å². The number of hydrogen-bond acceptors (Lipinski definition) is 5. The zero-order valence-corrected chi connectivity index (χ0v) is 12.8. The minimum Gasteiger partial charge on any atom is -0.454 e. The number of ether oxygens (including phenoxy) is 1. The van der Waals surface area contributed by atoms with E-state index in [1.807, 2.05) is 0 Å². The van der Waals surface area contributed by atoms with Crippen molar-refractivity contribution in [1.29, 1.82) is 0 Å².